The first-order chi connectivity index (χ1) is 11.8. The largest absolute Gasteiger partial charge is 0.301 e. The molecule has 1 aromatic carbocycles. The van der Waals surface area contributed by atoms with Gasteiger partial charge in [-0.05, 0) is 31.3 Å². The van der Waals surface area contributed by atoms with Crippen LogP contribution in [0.3, 0.4) is 0 Å². The number of rotatable bonds is 4. The second-order valence-electron chi connectivity index (χ2n) is 6.14. The summed E-state index contributed by atoms with van der Waals surface area (Å²) in [6.45, 7) is 1.81. The molecule has 1 amide bonds. The number of halogens is 1. The fourth-order valence-corrected chi connectivity index (χ4v) is 4.52. The number of aromatic nitrogens is 1. The van der Waals surface area contributed by atoms with Gasteiger partial charge in [0.25, 0.3) is 5.91 Å². The predicted octanol–water partition coefficient (Wildman–Crippen LogP) is 2.06. The first-order valence-corrected chi connectivity index (χ1v) is 10.0. The van der Waals surface area contributed by atoms with E-state index in [1.54, 1.807) is 0 Å². The number of carbonyl (C=O) groups excluding carboxylic acids is 1. The molecule has 7 nitrogen and oxygen atoms in total. The van der Waals surface area contributed by atoms with Gasteiger partial charge in [-0.25, -0.2) is 17.7 Å². The maximum absolute atomic E-state index is 12.4. The minimum Gasteiger partial charge on any atom is -0.301 e. The molecule has 0 saturated heterocycles. The Bertz CT molecular complexity index is 895. The second-order valence-corrected chi connectivity index (χ2v) is 9.38. The third-order valence-electron chi connectivity index (χ3n) is 4.04. The highest BCUT2D eigenvalue weighted by atomic mass is 35.5. The van der Waals surface area contributed by atoms with E-state index in [1.807, 2.05) is 0 Å². The standard InChI is InChI=1S/C16H20N4O3S2.ClH/c1-19(2)25(22,23)12-6-4-11(5-7-12)15(21)18-16-17-13-8-9-20(3)10-14(13)24-16;/h4-7H,8-10H2,1-3H3,(H,17,18,21);1H. The number of likely N-dealkylation sites (N-methyl/N-ethyl adjacent to an activating group) is 1. The Balaban J connectivity index is 0.00000243. The Morgan fingerprint density at radius 1 is 1.27 bits per heavy atom. The maximum Gasteiger partial charge on any atom is 0.257 e. The molecule has 1 aliphatic heterocycles. The lowest BCUT2D eigenvalue weighted by atomic mass is 10.2. The summed E-state index contributed by atoms with van der Waals surface area (Å²) in [6.07, 6.45) is 0.884. The van der Waals surface area contributed by atoms with Crippen molar-refractivity contribution in [3.63, 3.8) is 0 Å². The van der Waals surface area contributed by atoms with Gasteiger partial charge in [0.2, 0.25) is 10.0 Å². The molecule has 0 aliphatic carbocycles. The van der Waals surface area contributed by atoms with Gasteiger partial charge in [-0.2, -0.15) is 0 Å². The van der Waals surface area contributed by atoms with E-state index in [9.17, 15) is 13.2 Å². The SMILES string of the molecule is CN1CCc2nc(NC(=O)c3ccc(S(=O)(=O)N(C)C)cc3)sc2C1.Cl. The van der Waals surface area contributed by atoms with Crippen LogP contribution in [0.15, 0.2) is 29.2 Å². The summed E-state index contributed by atoms with van der Waals surface area (Å²) in [5.41, 5.74) is 1.44. The normalized spacial score (nSPS) is 14.6. The van der Waals surface area contributed by atoms with Crippen molar-refractivity contribution in [2.75, 3.05) is 33.0 Å². The van der Waals surface area contributed by atoms with Gasteiger partial charge in [-0.15, -0.1) is 23.7 Å². The number of hydrogen-bond acceptors (Lipinski definition) is 6. The molecule has 0 fully saturated rings. The minimum absolute atomic E-state index is 0. The molecule has 0 unspecified atom stereocenters. The van der Waals surface area contributed by atoms with Crippen molar-refractivity contribution in [3.05, 3.63) is 40.4 Å². The highest BCUT2D eigenvalue weighted by Crippen LogP contribution is 2.28. The van der Waals surface area contributed by atoms with E-state index < -0.39 is 10.0 Å². The highest BCUT2D eigenvalue weighted by molar-refractivity contribution is 7.89. The number of fused-ring (bicyclic) bond motifs is 1. The van der Waals surface area contributed by atoms with Gasteiger partial charge in [0, 0.05) is 44.0 Å². The third-order valence-corrected chi connectivity index (χ3v) is 6.86. The smallest absolute Gasteiger partial charge is 0.257 e. The molecule has 3 rings (SSSR count). The van der Waals surface area contributed by atoms with Gasteiger partial charge in [0.15, 0.2) is 5.13 Å². The quantitative estimate of drug-likeness (QED) is 0.824. The Hall–Kier alpha value is -1.52. The number of sulfonamides is 1. The van der Waals surface area contributed by atoms with Crippen molar-refractivity contribution in [1.29, 1.82) is 0 Å². The molecule has 1 aromatic heterocycles. The number of amides is 1. The molecule has 142 valence electrons. The average molecular weight is 417 g/mol. The Kier molecular flexibility index (Phi) is 6.41. The molecule has 0 radical (unpaired) electrons. The van der Waals surface area contributed by atoms with Crippen LogP contribution in [0.5, 0.6) is 0 Å². The summed E-state index contributed by atoms with van der Waals surface area (Å²) in [5, 5.41) is 3.38. The molecule has 10 heteroatoms. The lowest BCUT2D eigenvalue weighted by Gasteiger charge is -2.20. The lowest BCUT2D eigenvalue weighted by Crippen LogP contribution is -2.25. The fraction of sp³-hybridized carbons (Fsp3) is 0.375. The van der Waals surface area contributed by atoms with E-state index in [0.717, 1.165) is 29.5 Å². The lowest BCUT2D eigenvalue weighted by molar-refractivity contribution is 0.102. The van der Waals surface area contributed by atoms with E-state index in [2.05, 4.69) is 22.2 Å². The zero-order chi connectivity index (χ0) is 18.2. The van der Waals surface area contributed by atoms with Crippen LogP contribution >= 0.6 is 23.7 Å². The van der Waals surface area contributed by atoms with E-state index in [0.29, 0.717) is 10.7 Å². The van der Waals surface area contributed by atoms with Crippen LogP contribution in [0.25, 0.3) is 0 Å². The zero-order valence-electron chi connectivity index (χ0n) is 14.7. The van der Waals surface area contributed by atoms with Crippen molar-refractivity contribution in [1.82, 2.24) is 14.2 Å². The number of benzene rings is 1. The molecule has 2 aromatic rings. The monoisotopic (exact) mass is 416 g/mol. The van der Waals surface area contributed by atoms with Crippen LogP contribution < -0.4 is 5.32 Å². The molecule has 0 spiro atoms. The fourth-order valence-electron chi connectivity index (χ4n) is 2.54. The number of carbonyl (C=O) groups is 1. The predicted molar refractivity (Wildman–Crippen MR) is 105 cm³/mol. The van der Waals surface area contributed by atoms with E-state index >= 15 is 0 Å². The summed E-state index contributed by atoms with van der Waals surface area (Å²) in [6, 6.07) is 5.89. The molecule has 0 atom stereocenters. The summed E-state index contributed by atoms with van der Waals surface area (Å²) in [7, 11) is 1.50. The van der Waals surface area contributed by atoms with Gasteiger partial charge in [0.1, 0.15) is 0 Å². The highest BCUT2D eigenvalue weighted by Gasteiger charge is 2.20. The molecule has 2 heterocycles. The molecular formula is C16H21ClN4O3S2. The molecular weight excluding hydrogens is 396 g/mol. The van der Waals surface area contributed by atoms with Crippen molar-refractivity contribution in [3.8, 4) is 0 Å². The minimum atomic E-state index is -3.50. The third kappa shape index (κ3) is 4.24. The topological polar surface area (TPSA) is 82.6 Å². The van der Waals surface area contributed by atoms with E-state index in [-0.39, 0.29) is 23.2 Å². The van der Waals surface area contributed by atoms with Crippen LogP contribution in [0, 0.1) is 0 Å². The summed E-state index contributed by atoms with van der Waals surface area (Å²) in [4.78, 5) is 20.4. The summed E-state index contributed by atoms with van der Waals surface area (Å²) in [5.74, 6) is -0.298. The number of hydrogen-bond donors (Lipinski definition) is 1. The van der Waals surface area contributed by atoms with Crippen LogP contribution in [-0.2, 0) is 23.0 Å². The van der Waals surface area contributed by atoms with E-state index in [4.69, 9.17) is 0 Å². The Morgan fingerprint density at radius 2 is 1.92 bits per heavy atom. The molecule has 26 heavy (non-hydrogen) atoms. The summed E-state index contributed by atoms with van der Waals surface area (Å²) >= 11 is 1.49. The number of nitrogens with zero attached hydrogens (tertiary/aromatic N) is 3. The van der Waals surface area contributed by atoms with Gasteiger partial charge in [-0.3, -0.25) is 10.1 Å². The van der Waals surface area contributed by atoms with Crippen molar-refractivity contribution in [2.45, 2.75) is 17.9 Å². The molecule has 1 N–H and O–H groups in total. The van der Waals surface area contributed by atoms with Crippen LogP contribution in [0.2, 0.25) is 0 Å². The maximum atomic E-state index is 12.4. The second kappa shape index (κ2) is 8.01. The van der Waals surface area contributed by atoms with Gasteiger partial charge in [0.05, 0.1) is 10.6 Å². The number of nitrogens with one attached hydrogen (secondary N) is 1. The van der Waals surface area contributed by atoms with Crippen molar-refractivity contribution in [2.24, 2.45) is 0 Å². The van der Waals surface area contributed by atoms with Crippen molar-refractivity contribution >= 4 is 44.8 Å². The van der Waals surface area contributed by atoms with Gasteiger partial charge >= 0.3 is 0 Å². The zero-order valence-corrected chi connectivity index (χ0v) is 17.2. The van der Waals surface area contributed by atoms with Crippen LogP contribution in [0.4, 0.5) is 5.13 Å². The van der Waals surface area contributed by atoms with Gasteiger partial charge in [-0.1, -0.05) is 0 Å². The van der Waals surface area contributed by atoms with Gasteiger partial charge < -0.3 is 4.90 Å². The van der Waals surface area contributed by atoms with Crippen LogP contribution in [0.1, 0.15) is 20.9 Å². The number of anilines is 1. The molecule has 0 saturated carbocycles. The van der Waals surface area contributed by atoms with Crippen molar-refractivity contribution < 1.29 is 13.2 Å². The Morgan fingerprint density at radius 3 is 2.54 bits per heavy atom. The first-order valence-electron chi connectivity index (χ1n) is 7.78. The number of thiazole rings is 1. The van der Waals surface area contributed by atoms with E-state index in [1.165, 1.54) is 54.6 Å². The first kappa shape index (κ1) is 20.8. The Labute approximate surface area is 163 Å². The molecule has 1 aliphatic rings. The van der Waals surface area contributed by atoms with Crippen LogP contribution in [-0.4, -0.2) is 56.2 Å². The molecule has 0 bridgehead atoms. The average Bonchev–Trinajstić information content (AvgIpc) is 2.96. The summed E-state index contributed by atoms with van der Waals surface area (Å²) < 4.78 is 25.3.